The van der Waals surface area contributed by atoms with Gasteiger partial charge in [0.05, 0.1) is 23.5 Å². The number of aryl methyl sites for hydroxylation is 2. The topological polar surface area (TPSA) is 86.9 Å². The Hall–Kier alpha value is -1.86. The van der Waals surface area contributed by atoms with Gasteiger partial charge in [0.25, 0.3) is 0 Å². The number of hydrogen-bond acceptors (Lipinski definition) is 4. The van der Waals surface area contributed by atoms with E-state index < -0.39 is 10.0 Å². The standard InChI is InChI=1S/C13H18N4O2S/c1-9-4-5-11(6-13(9)20(18,19)14-3)15-7-12-10(2)16-8-17-12/h4-6,8,14-15H,7H2,1-3H3,(H,16,17). The van der Waals surface area contributed by atoms with Gasteiger partial charge in [-0.25, -0.2) is 18.1 Å². The number of benzene rings is 1. The third-order valence-electron chi connectivity index (χ3n) is 3.14. The molecule has 0 unspecified atom stereocenters. The van der Waals surface area contributed by atoms with E-state index in [2.05, 4.69) is 20.0 Å². The second-order valence-electron chi connectivity index (χ2n) is 4.52. The molecule has 0 saturated carbocycles. The minimum Gasteiger partial charge on any atom is -0.379 e. The maximum atomic E-state index is 11.9. The summed E-state index contributed by atoms with van der Waals surface area (Å²) in [7, 11) is -2.04. The highest BCUT2D eigenvalue weighted by atomic mass is 32.2. The van der Waals surface area contributed by atoms with Crippen LogP contribution in [-0.4, -0.2) is 25.4 Å². The van der Waals surface area contributed by atoms with Crippen molar-refractivity contribution < 1.29 is 8.42 Å². The van der Waals surface area contributed by atoms with Gasteiger partial charge in [0, 0.05) is 11.4 Å². The Morgan fingerprint density at radius 3 is 2.65 bits per heavy atom. The summed E-state index contributed by atoms with van der Waals surface area (Å²) >= 11 is 0. The normalized spacial score (nSPS) is 11.6. The van der Waals surface area contributed by atoms with Crippen molar-refractivity contribution in [3.05, 3.63) is 41.5 Å². The highest BCUT2D eigenvalue weighted by molar-refractivity contribution is 7.89. The number of nitrogens with zero attached hydrogens (tertiary/aromatic N) is 1. The first kappa shape index (κ1) is 14.5. The van der Waals surface area contributed by atoms with E-state index in [-0.39, 0.29) is 4.90 Å². The molecule has 1 aromatic heterocycles. The lowest BCUT2D eigenvalue weighted by molar-refractivity contribution is 0.587. The molecule has 2 rings (SSSR count). The van der Waals surface area contributed by atoms with E-state index in [1.165, 1.54) is 7.05 Å². The van der Waals surface area contributed by atoms with Gasteiger partial charge < -0.3 is 10.3 Å². The van der Waals surface area contributed by atoms with Gasteiger partial charge in [0.15, 0.2) is 0 Å². The Morgan fingerprint density at radius 1 is 1.30 bits per heavy atom. The number of hydrogen-bond donors (Lipinski definition) is 3. The molecule has 0 saturated heterocycles. The summed E-state index contributed by atoms with van der Waals surface area (Å²) < 4.78 is 26.1. The molecule has 0 atom stereocenters. The predicted octanol–water partition coefficient (Wildman–Crippen LogP) is 1.55. The summed E-state index contributed by atoms with van der Waals surface area (Å²) in [5.41, 5.74) is 3.35. The van der Waals surface area contributed by atoms with E-state index in [0.717, 1.165) is 17.1 Å². The molecule has 0 spiro atoms. The van der Waals surface area contributed by atoms with Gasteiger partial charge in [-0.15, -0.1) is 0 Å². The second kappa shape index (κ2) is 5.64. The number of aromatic amines is 1. The van der Waals surface area contributed by atoms with Gasteiger partial charge in [-0.05, 0) is 38.6 Å². The van der Waals surface area contributed by atoms with Gasteiger partial charge in [-0.2, -0.15) is 0 Å². The first-order valence-corrected chi connectivity index (χ1v) is 7.69. The molecule has 0 radical (unpaired) electrons. The summed E-state index contributed by atoms with van der Waals surface area (Å²) in [6.07, 6.45) is 1.64. The molecule has 0 aliphatic rings. The van der Waals surface area contributed by atoms with Gasteiger partial charge in [0.1, 0.15) is 0 Å². The van der Waals surface area contributed by atoms with Gasteiger partial charge in [-0.3, -0.25) is 0 Å². The molecule has 3 N–H and O–H groups in total. The average Bonchev–Trinajstić information content (AvgIpc) is 2.83. The number of imidazole rings is 1. The van der Waals surface area contributed by atoms with Crippen LogP contribution in [0, 0.1) is 13.8 Å². The summed E-state index contributed by atoms with van der Waals surface area (Å²) in [4.78, 5) is 7.47. The van der Waals surface area contributed by atoms with Crippen molar-refractivity contribution in [1.82, 2.24) is 14.7 Å². The summed E-state index contributed by atoms with van der Waals surface area (Å²) in [6, 6.07) is 5.26. The zero-order valence-electron chi connectivity index (χ0n) is 11.7. The zero-order valence-corrected chi connectivity index (χ0v) is 12.5. The quantitative estimate of drug-likeness (QED) is 0.781. The predicted molar refractivity (Wildman–Crippen MR) is 78.1 cm³/mol. The van der Waals surface area contributed by atoms with Crippen molar-refractivity contribution >= 4 is 15.7 Å². The molecule has 0 bridgehead atoms. The number of sulfonamides is 1. The van der Waals surface area contributed by atoms with Gasteiger partial charge in [-0.1, -0.05) is 6.07 Å². The van der Waals surface area contributed by atoms with Gasteiger partial charge >= 0.3 is 0 Å². The molecule has 7 heteroatoms. The largest absolute Gasteiger partial charge is 0.379 e. The van der Waals surface area contributed by atoms with Crippen molar-refractivity contribution in [3.8, 4) is 0 Å². The van der Waals surface area contributed by atoms with E-state index in [1.54, 1.807) is 25.4 Å². The van der Waals surface area contributed by atoms with Gasteiger partial charge in [0.2, 0.25) is 10.0 Å². The van der Waals surface area contributed by atoms with Crippen molar-refractivity contribution in [2.45, 2.75) is 25.3 Å². The molecular formula is C13H18N4O2S. The highest BCUT2D eigenvalue weighted by Gasteiger charge is 2.15. The van der Waals surface area contributed by atoms with Crippen LogP contribution >= 0.6 is 0 Å². The first-order valence-electron chi connectivity index (χ1n) is 6.21. The molecule has 1 heterocycles. The minimum absolute atomic E-state index is 0.281. The minimum atomic E-state index is -3.44. The number of rotatable bonds is 5. The fraction of sp³-hybridized carbons (Fsp3) is 0.308. The third kappa shape index (κ3) is 3.00. The summed E-state index contributed by atoms with van der Waals surface area (Å²) in [6.45, 7) is 4.25. The smallest absolute Gasteiger partial charge is 0.240 e. The fourth-order valence-electron chi connectivity index (χ4n) is 1.86. The molecule has 6 nitrogen and oxygen atoms in total. The lowest BCUT2D eigenvalue weighted by Gasteiger charge is -2.10. The van der Waals surface area contributed by atoms with E-state index >= 15 is 0 Å². The second-order valence-corrected chi connectivity index (χ2v) is 6.37. The van der Waals surface area contributed by atoms with Crippen LogP contribution in [0.1, 0.15) is 17.0 Å². The van der Waals surface area contributed by atoms with Crippen molar-refractivity contribution in [2.75, 3.05) is 12.4 Å². The molecule has 2 aromatic rings. The SMILES string of the molecule is CNS(=O)(=O)c1cc(NCc2nc[nH]c2C)ccc1C. The lowest BCUT2D eigenvalue weighted by Crippen LogP contribution is -2.19. The molecule has 0 aliphatic heterocycles. The van der Waals surface area contributed by atoms with Crippen LogP contribution in [0.3, 0.4) is 0 Å². The average molecular weight is 294 g/mol. The molecule has 0 fully saturated rings. The Morgan fingerprint density at radius 2 is 2.05 bits per heavy atom. The van der Waals surface area contributed by atoms with Crippen LogP contribution in [0.4, 0.5) is 5.69 Å². The van der Waals surface area contributed by atoms with Crippen molar-refractivity contribution in [3.63, 3.8) is 0 Å². The molecule has 20 heavy (non-hydrogen) atoms. The highest BCUT2D eigenvalue weighted by Crippen LogP contribution is 2.20. The number of nitrogens with one attached hydrogen (secondary N) is 3. The van der Waals surface area contributed by atoms with Crippen LogP contribution in [0.25, 0.3) is 0 Å². The Labute approximate surface area is 118 Å². The van der Waals surface area contributed by atoms with Crippen LogP contribution in [0.2, 0.25) is 0 Å². The Bertz CT molecular complexity index is 707. The maximum Gasteiger partial charge on any atom is 0.240 e. The van der Waals surface area contributed by atoms with Crippen molar-refractivity contribution in [2.24, 2.45) is 0 Å². The van der Waals surface area contributed by atoms with Crippen LogP contribution in [0.5, 0.6) is 0 Å². The number of H-pyrrole nitrogens is 1. The van der Waals surface area contributed by atoms with E-state index in [0.29, 0.717) is 12.1 Å². The summed E-state index contributed by atoms with van der Waals surface area (Å²) in [5.74, 6) is 0. The van der Waals surface area contributed by atoms with Crippen LogP contribution in [0.15, 0.2) is 29.4 Å². The van der Waals surface area contributed by atoms with Crippen LogP contribution in [-0.2, 0) is 16.6 Å². The first-order chi connectivity index (χ1) is 9.44. The van der Waals surface area contributed by atoms with Crippen LogP contribution < -0.4 is 10.0 Å². The lowest BCUT2D eigenvalue weighted by atomic mass is 10.2. The fourth-order valence-corrected chi connectivity index (χ4v) is 2.85. The number of aromatic nitrogens is 2. The zero-order chi connectivity index (χ0) is 14.8. The van der Waals surface area contributed by atoms with E-state index in [1.807, 2.05) is 13.0 Å². The Kier molecular flexibility index (Phi) is 4.10. The summed E-state index contributed by atoms with van der Waals surface area (Å²) in [5, 5.41) is 3.18. The molecule has 0 amide bonds. The third-order valence-corrected chi connectivity index (χ3v) is 4.70. The van der Waals surface area contributed by atoms with Crippen molar-refractivity contribution in [1.29, 1.82) is 0 Å². The molecular weight excluding hydrogens is 276 g/mol. The number of anilines is 1. The molecule has 0 aliphatic carbocycles. The Balaban J connectivity index is 2.22. The van der Waals surface area contributed by atoms with E-state index in [4.69, 9.17) is 0 Å². The molecule has 108 valence electrons. The van der Waals surface area contributed by atoms with E-state index in [9.17, 15) is 8.42 Å². The monoisotopic (exact) mass is 294 g/mol. The maximum absolute atomic E-state index is 11.9. The molecule has 1 aromatic carbocycles.